The highest BCUT2D eigenvalue weighted by Gasteiger charge is 2.33. The lowest BCUT2D eigenvalue weighted by Gasteiger charge is -2.26. The van der Waals surface area contributed by atoms with Crippen LogP contribution in [-0.2, 0) is 14.6 Å². The van der Waals surface area contributed by atoms with Crippen LogP contribution in [0.3, 0.4) is 0 Å². The summed E-state index contributed by atoms with van der Waals surface area (Å²) in [6.07, 6.45) is 0.767. The molecule has 0 aromatic heterocycles. The molecule has 5 nitrogen and oxygen atoms in total. The SMILES string of the molecule is CCN(C(=O)CCC(=O)c1ccc(C)cc1)C1CCS(=O)(=O)C1. The van der Waals surface area contributed by atoms with Crippen molar-refractivity contribution >= 4 is 21.5 Å². The maximum Gasteiger partial charge on any atom is 0.223 e. The van der Waals surface area contributed by atoms with Crippen LogP contribution in [0.1, 0.15) is 42.1 Å². The average molecular weight is 337 g/mol. The molecule has 0 bridgehead atoms. The van der Waals surface area contributed by atoms with Crippen molar-refractivity contribution in [2.24, 2.45) is 0 Å². The highest BCUT2D eigenvalue weighted by atomic mass is 32.2. The Kier molecular flexibility index (Phi) is 5.57. The molecule has 0 spiro atoms. The molecule has 6 heteroatoms. The molecule has 1 fully saturated rings. The van der Waals surface area contributed by atoms with Crippen molar-refractivity contribution in [3.63, 3.8) is 0 Å². The predicted octanol–water partition coefficient (Wildman–Crippen LogP) is 1.99. The summed E-state index contributed by atoms with van der Waals surface area (Å²) in [7, 11) is -3.02. The van der Waals surface area contributed by atoms with Crippen LogP contribution in [0.15, 0.2) is 24.3 Å². The smallest absolute Gasteiger partial charge is 0.223 e. The van der Waals surface area contributed by atoms with Gasteiger partial charge < -0.3 is 4.90 Å². The van der Waals surface area contributed by atoms with E-state index in [1.807, 2.05) is 26.0 Å². The Morgan fingerprint density at radius 2 is 1.83 bits per heavy atom. The minimum Gasteiger partial charge on any atom is -0.339 e. The van der Waals surface area contributed by atoms with Gasteiger partial charge in [0, 0.05) is 31.0 Å². The maximum absolute atomic E-state index is 12.3. The van der Waals surface area contributed by atoms with Crippen LogP contribution >= 0.6 is 0 Å². The van der Waals surface area contributed by atoms with Gasteiger partial charge >= 0.3 is 0 Å². The normalized spacial score (nSPS) is 19.5. The fraction of sp³-hybridized carbons (Fsp3) is 0.529. The van der Waals surface area contributed by atoms with Crippen molar-refractivity contribution in [1.29, 1.82) is 0 Å². The number of ketones is 1. The quantitative estimate of drug-likeness (QED) is 0.744. The van der Waals surface area contributed by atoms with E-state index < -0.39 is 9.84 Å². The molecular formula is C17H23NO4S. The minimum atomic E-state index is -3.02. The Bertz CT molecular complexity index is 679. The van der Waals surface area contributed by atoms with Gasteiger partial charge in [-0.1, -0.05) is 29.8 Å². The first kappa shape index (κ1) is 17.7. The molecule has 0 N–H and O–H groups in total. The fourth-order valence-electron chi connectivity index (χ4n) is 2.91. The first-order valence-corrected chi connectivity index (χ1v) is 9.74. The number of hydrogen-bond donors (Lipinski definition) is 0. The van der Waals surface area contributed by atoms with Gasteiger partial charge in [-0.2, -0.15) is 0 Å². The maximum atomic E-state index is 12.3. The van der Waals surface area contributed by atoms with Crippen molar-refractivity contribution < 1.29 is 18.0 Å². The molecule has 1 amide bonds. The molecular weight excluding hydrogens is 314 g/mol. The van der Waals surface area contributed by atoms with Gasteiger partial charge in [-0.3, -0.25) is 9.59 Å². The summed E-state index contributed by atoms with van der Waals surface area (Å²) in [6, 6.07) is 7.03. The molecule has 0 radical (unpaired) electrons. The fourth-order valence-corrected chi connectivity index (χ4v) is 4.64. The average Bonchev–Trinajstić information content (AvgIpc) is 2.86. The summed E-state index contributed by atoms with van der Waals surface area (Å²) < 4.78 is 23.1. The third-order valence-electron chi connectivity index (χ3n) is 4.25. The van der Waals surface area contributed by atoms with E-state index >= 15 is 0 Å². The van der Waals surface area contributed by atoms with Gasteiger partial charge in [0.05, 0.1) is 11.5 Å². The predicted molar refractivity (Wildman–Crippen MR) is 89.2 cm³/mol. The summed E-state index contributed by atoms with van der Waals surface area (Å²) in [6.45, 7) is 4.26. The second-order valence-corrected chi connectivity index (χ2v) is 8.25. The van der Waals surface area contributed by atoms with Crippen LogP contribution in [0, 0.1) is 6.92 Å². The highest BCUT2D eigenvalue weighted by Crippen LogP contribution is 2.19. The van der Waals surface area contributed by atoms with Crippen LogP contribution in [0.4, 0.5) is 0 Å². The third-order valence-corrected chi connectivity index (χ3v) is 6.00. The molecule has 1 heterocycles. The van der Waals surface area contributed by atoms with Gasteiger partial charge in [0.1, 0.15) is 0 Å². The standard InChI is InChI=1S/C17H23NO4S/c1-3-18(15-10-11-23(21,22)12-15)17(20)9-8-16(19)14-6-4-13(2)5-7-14/h4-7,15H,3,8-12H2,1-2H3. The number of benzene rings is 1. The summed E-state index contributed by atoms with van der Waals surface area (Å²) >= 11 is 0. The molecule has 1 atom stereocenters. The first-order valence-electron chi connectivity index (χ1n) is 7.92. The Labute approximate surface area is 137 Å². The molecule has 1 aliphatic heterocycles. The van der Waals surface area contributed by atoms with Crippen LogP contribution in [-0.4, -0.2) is 49.1 Å². The Hall–Kier alpha value is -1.69. The van der Waals surface area contributed by atoms with Gasteiger partial charge in [-0.05, 0) is 20.3 Å². The van der Waals surface area contributed by atoms with Crippen LogP contribution in [0.25, 0.3) is 0 Å². The third kappa shape index (κ3) is 4.64. The lowest BCUT2D eigenvalue weighted by molar-refractivity contribution is -0.132. The Balaban J connectivity index is 1.92. The molecule has 1 aromatic rings. The summed E-state index contributed by atoms with van der Waals surface area (Å²) in [4.78, 5) is 26.1. The zero-order valence-electron chi connectivity index (χ0n) is 13.6. The van der Waals surface area contributed by atoms with E-state index in [0.717, 1.165) is 5.56 Å². The van der Waals surface area contributed by atoms with E-state index in [1.54, 1.807) is 17.0 Å². The Morgan fingerprint density at radius 1 is 1.17 bits per heavy atom. The number of amides is 1. The second-order valence-electron chi connectivity index (χ2n) is 6.03. The van der Waals surface area contributed by atoms with E-state index in [1.165, 1.54) is 0 Å². The molecule has 126 valence electrons. The highest BCUT2D eigenvalue weighted by molar-refractivity contribution is 7.91. The molecule has 1 aliphatic rings. The van der Waals surface area contributed by atoms with Crippen LogP contribution < -0.4 is 0 Å². The molecule has 2 rings (SSSR count). The second kappa shape index (κ2) is 7.25. The number of aryl methyl sites for hydroxylation is 1. The van der Waals surface area contributed by atoms with Crippen molar-refractivity contribution in [2.75, 3.05) is 18.1 Å². The van der Waals surface area contributed by atoms with E-state index in [-0.39, 0.29) is 42.1 Å². The van der Waals surface area contributed by atoms with E-state index in [0.29, 0.717) is 18.5 Å². The van der Waals surface area contributed by atoms with Gasteiger partial charge in [0.15, 0.2) is 15.6 Å². The van der Waals surface area contributed by atoms with E-state index in [2.05, 4.69) is 0 Å². The van der Waals surface area contributed by atoms with E-state index in [4.69, 9.17) is 0 Å². The summed E-state index contributed by atoms with van der Waals surface area (Å²) in [5.74, 6) is -0.0223. The number of carbonyl (C=O) groups is 2. The Morgan fingerprint density at radius 3 is 2.35 bits per heavy atom. The van der Waals surface area contributed by atoms with Crippen molar-refractivity contribution in [2.45, 2.75) is 39.2 Å². The van der Waals surface area contributed by atoms with E-state index in [9.17, 15) is 18.0 Å². The molecule has 1 unspecified atom stereocenters. The van der Waals surface area contributed by atoms with Crippen LogP contribution in [0.5, 0.6) is 0 Å². The largest absolute Gasteiger partial charge is 0.339 e. The van der Waals surface area contributed by atoms with Crippen LogP contribution in [0.2, 0.25) is 0 Å². The van der Waals surface area contributed by atoms with Gasteiger partial charge in [-0.15, -0.1) is 0 Å². The molecule has 1 aromatic carbocycles. The first-order chi connectivity index (χ1) is 10.8. The van der Waals surface area contributed by atoms with Crippen molar-refractivity contribution in [3.05, 3.63) is 35.4 Å². The van der Waals surface area contributed by atoms with Gasteiger partial charge in [-0.25, -0.2) is 8.42 Å². The molecule has 1 saturated heterocycles. The number of nitrogens with zero attached hydrogens (tertiary/aromatic N) is 1. The summed E-state index contributed by atoms with van der Waals surface area (Å²) in [5, 5.41) is 0. The molecule has 0 saturated carbocycles. The lowest BCUT2D eigenvalue weighted by atomic mass is 10.0. The zero-order chi connectivity index (χ0) is 17.0. The molecule has 0 aliphatic carbocycles. The topological polar surface area (TPSA) is 71.5 Å². The number of Topliss-reactive ketones (excluding diaryl/α,β-unsaturated/α-hetero) is 1. The summed E-state index contributed by atoms with van der Waals surface area (Å²) in [5.41, 5.74) is 1.69. The number of hydrogen-bond acceptors (Lipinski definition) is 4. The number of carbonyl (C=O) groups excluding carboxylic acids is 2. The number of rotatable bonds is 6. The minimum absolute atomic E-state index is 0.0402. The zero-order valence-corrected chi connectivity index (χ0v) is 14.4. The van der Waals surface area contributed by atoms with Crippen molar-refractivity contribution in [3.8, 4) is 0 Å². The number of sulfone groups is 1. The van der Waals surface area contributed by atoms with Crippen molar-refractivity contribution in [1.82, 2.24) is 4.90 Å². The monoisotopic (exact) mass is 337 g/mol. The molecule has 23 heavy (non-hydrogen) atoms. The van der Waals surface area contributed by atoms with Gasteiger partial charge in [0.2, 0.25) is 5.91 Å². The lowest BCUT2D eigenvalue weighted by Crippen LogP contribution is -2.41. The van der Waals surface area contributed by atoms with Gasteiger partial charge in [0.25, 0.3) is 0 Å².